The number of hydrogen-bond donors (Lipinski definition) is 1. The van der Waals surface area contributed by atoms with Crippen LogP contribution in [0.25, 0.3) is 10.2 Å². The van der Waals surface area contributed by atoms with Gasteiger partial charge in [-0.1, -0.05) is 13.8 Å². The molecule has 2 aromatic rings. The lowest BCUT2D eigenvalue weighted by atomic mass is 9.70. The number of amides is 3. The highest BCUT2D eigenvalue weighted by molar-refractivity contribution is 7.17. The highest BCUT2D eigenvalue weighted by atomic mass is 32.1. The summed E-state index contributed by atoms with van der Waals surface area (Å²) in [4.78, 5) is 55.9. The molecule has 8 rings (SSSR count). The predicted octanol–water partition coefficient (Wildman–Crippen LogP) is 2.94. The van der Waals surface area contributed by atoms with Gasteiger partial charge in [-0.3, -0.25) is 14.4 Å². The molecule has 4 saturated heterocycles. The fourth-order valence-corrected chi connectivity index (χ4v) is 8.91. The molecule has 45 heavy (non-hydrogen) atoms. The number of rotatable bonds is 9. The summed E-state index contributed by atoms with van der Waals surface area (Å²) >= 11 is 1.54. The number of ether oxygens (including phenoxy) is 2. The van der Waals surface area contributed by atoms with Crippen molar-refractivity contribution in [1.29, 1.82) is 0 Å². The van der Waals surface area contributed by atoms with Crippen LogP contribution in [0.4, 0.5) is 5.82 Å². The van der Waals surface area contributed by atoms with Crippen LogP contribution in [-0.2, 0) is 23.9 Å². The van der Waals surface area contributed by atoms with Crippen LogP contribution in [0, 0.1) is 28.1 Å². The molecule has 4 atom stereocenters. The van der Waals surface area contributed by atoms with Gasteiger partial charge in [-0.05, 0) is 50.5 Å². The van der Waals surface area contributed by atoms with Crippen LogP contribution in [0.3, 0.4) is 0 Å². The minimum Gasteiger partial charge on any atom is -0.378 e. The fourth-order valence-electron chi connectivity index (χ4n) is 8.11. The molecule has 0 unspecified atom stereocenters. The molecular formula is C33H46N6O5S. The Morgan fingerprint density at radius 2 is 1.89 bits per heavy atom. The Bertz CT molecular complexity index is 1470. The van der Waals surface area contributed by atoms with E-state index in [1.165, 1.54) is 4.90 Å². The molecule has 11 nitrogen and oxygen atoms in total. The predicted molar refractivity (Wildman–Crippen MR) is 171 cm³/mol. The van der Waals surface area contributed by atoms with Crippen molar-refractivity contribution in [2.45, 2.75) is 71.1 Å². The van der Waals surface area contributed by atoms with Gasteiger partial charge in [-0.25, -0.2) is 9.97 Å². The lowest BCUT2D eigenvalue weighted by Crippen LogP contribution is -2.65. The number of nitrogens with one attached hydrogen (secondary N) is 1. The number of carbonyl (C=O) groups is 3. The number of anilines is 1. The van der Waals surface area contributed by atoms with Crippen LogP contribution in [-0.4, -0.2) is 109 Å². The molecule has 12 heteroatoms. The standard InChI is InChI=1S/C33H46N6O5S/c1-20(43-17-32-9-6-21(7-10-32)44-18-32)25(30(42)37(4)5)36-28(40)23-13-38(27-26-24(8-11-34-27)35-19-45-26)14-33(23)15-39(16-33)29(41)22-12-31(22,2)3/h8,11,19-23,25H,6-7,9-10,12-18H2,1-5H3,(H,36,40)/t20-,21?,22-,23+,25+,32?/m1/s1. The minimum absolute atomic E-state index is 0.0164. The van der Waals surface area contributed by atoms with Crippen molar-refractivity contribution in [3.05, 3.63) is 17.8 Å². The average Bonchev–Trinajstić information content (AvgIpc) is 3.34. The van der Waals surface area contributed by atoms with Crippen LogP contribution in [0.15, 0.2) is 17.8 Å². The zero-order valence-electron chi connectivity index (χ0n) is 27.1. The van der Waals surface area contributed by atoms with E-state index in [0.717, 1.165) is 48.1 Å². The average molecular weight is 639 g/mol. The highest BCUT2D eigenvalue weighted by Gasteiger charge is 2.61. The number of fused-ring (bicyclic) bond motifs is 4. The molecule has 4 aliphatic heterocycles. The number of aromatic nitrogens is 2. The van der Waals surface area contributed by atoms with Gasteiger partial charge in [0.25, 0.3) is 0 Å². The summed E-state index contributed by atoms with van der Waals surface area (Å²) in [6.45, 7) is 9.45. The van der Waals surface area contributed by atoms with Crippen molar-refractivity contribution in [2.24, 2.45) is 28.1 Å². The van der Waals surface area contributed by atoms with Crippen LogP contribution in [0.2, 0.25) is 0 Å². The normalized spacial score (nSPS) is 30.6. The molecule has 1 N–H and O–H groups in total. The molecule has 3 amide bonds. The largest absolute Gasteiger partial charge is 0.378 e. The number of nitrogens with zero attached hydrogens (tertiary/aromatic N) is 5. The lowest BCUT2D eigenvalue weighted by Gasteiger charge is -2.50. The second-order valence-electron chi connectivity index (χ2n) is 15.3. The molecular weight excluding hydrogens is 592 g/mol. The van der Waals surface area contributed by atoms with Crippen molar-refractivity contribution in [3.8, 4) is 0 Å². The van der Waals surface area contributed by atoms with Crippen LogP contribution >= 0.6 is 11.3 Å². The van der Waals surface area contributed by atoms with E-state index < -0.39 is 23.5 Å². The topological polar surface area (TPSA) is 117 Å². The first kappa shape index (κ1) is 30.8. The molecule has 0 radical (unpaired) electrons. The van der Waals surface area contributed by atoms with Gasteiger partial charge >= 0.3 is 0 Å². The first-order valence-corrected chi connectivity index (χ1v) is 17.3. The van der Waals surface area contributed by atoms with Crippen LogP contribution in [0.1, 0.15) is 52.9 Å². The molecule has 2 aliphatic carbocycles. The molecule has 6 heterocycles. The van der Waals surface area contributed by atoms with Gasteiger partial charge in [-0.15, -0.1) is 11.3 Å². The summed E-state index contributed by atoms with van der Waals surface area (Å²) in [6.07, 6.45) is 6.76. The van der Waals surface area contributed by atoms with Crippen LogP contribution in [0.5, 0.6) is 0 Å². The fraction of sp³-hybridized carbons (Fsp3) is 0.727. The number of carbonyl (C=O) groups excluding carboxylic acids is 3. The maximum Gasteiger partial charge on any atom is 0.247 e. The van der Waals surface area contributed by atoms with E-state index in [-0.39, 0.29) is 34.5 Å². The maximum atomic E-state index is 14.3. The van der Waals surface area contributed by atoms with Gasteiger partial charge in [0.1, 0.15) is 11.9 Å². The van der Waals surface area contributed by atoms with E-state index in [2.05, 4.69) is 29.0 Å². The Balaban J connectivity index is 1.10. The number of pyridine rings is 1. The van der Waals surface area contributed by atoms with Crippen molar-refractivity contribution in [3.63, 3.8) is 0 Å². The number of hydrogen-bond acceptors (Lipinski definition) is 9. The summed E-state index contributed by atoms with van der Waals surface area (Å²) in [5, 5.41) is 3.14. The first-order valence-electron chi connectivity index (χ1n) is 16.4. The third-order valence-corrected chi connectivity index (χ3v) is 12.2. The highest BCUT2D eigenvalue weighted by Crippen LogP contribution is 2.55. The van der Waals surface area contributed by atoms with Crippen molar-refractivity contribution >= 4 is 45.1 Å². The molecule has 0 aromatic carbocycles. The molecule has 244 valence electrons. The van der Waals surface area contributed by atoms with Gasteiger partial charge in [0.2, 0.25) is 17.7 Å². The minimum atomic E-state index is -0.830. The Morgan fingerprint density at radius 3 is 2.53 bits per heavy atom. The summed E-state index contributed by atoms with van der Waals surface area (Å²) in [5.41, 5.74) is 2.30. The molecule has 2 bridgehead atoms. The van der Waals surface area contributed by atoms with Gasteiger partial charge < -0.3 is 29.5 Å². The van der Waals surface area contributed by atoms with Crippen LogP contribution < -0.4 is 10.2 Å². The second-order valence-corrected chi connectivity index (χ2v) is 16.2. The smallest absolute Gasteiger partial charge is 0.247 e. The van der Waals surface area contributed by atoms with E-state index in [1.54, 1.807) is 31.6 Å². The van der Waals surface area contributed by atoms with E-state index >= 15 is 0 Å². The third-order valence-electron chi connectivity index (χ3n) is 11.4. The summed E-state index contributed by atoms with van der Waals surface area (Å²) in [6, 6.07) is 1.07. The zero-order valence-corrected chi connectivity index (χ0v) is 27.9. The Morgan fingerprint density at radius 1 is 1.16 bits per heavy atom. The Labute approximate surface area is 269 Å². The van der Waals surface area contributed by atoms with E-state index in [4.69, 9.17) is 14.5 Å². The van der Waals surface area contributed by atoms with E-state index in [1.807, 2.05) is 23.4 Å². The monoisotopic (exact) mass is 638 g/mol. The van der Waals surface area contributed by atoms with E-state index in [0.29, 0.717) is 45.5 Å². The third kappa shape index (κ3) is 5.50. The molecule has 2 aromatic heterocycles. The number of thiazole rings is 1. The molecule has 1 spiro atoms. The van der Waals surface area contributed by atoms with Crippen molar-refractivity contribution < 1.29 is 23.9 Å². The Hall–Kier alpha value is -2.83. The first-order chi connectivity index (χ1) is 21.4. The van der Waals surface area contributed by atoms with Gasteiger partial charge in [0.15, 0.2) is 0 Å². The quantitative estimate of drug-likeness (QED) is 0.446. The summed E-state index contributed by atoms with van der Waals surface area (Å²) < 4.78 is 13.4. The van der Waals surface area contributed by atoms with Crippen molar-refractivity contribution in [1.82, 2.24) is 25.1 Å². The maximum absolute atomic E-state index is 14.3. The summed E-state index contributed by atoms with van der Waals surface area (Å²) in [7, 11) is 3.41. The molecule has 6 fully saturated rings. The van der Waals surface area contributed by atoms with Gasteiger partial charge in [0, 0.05) is 63.2 Å². The van der Waals surface area contributed by atoms with Gasteiger partial charge in [-0.2, -0.15) is 0 Å². The van der Waals surface area contributed by atoms with Crippen molar-refractivity contribution in [2.75, 3.05) is 58.4 Å². The zero-order chi connectivity index (χ0) is 31.7. The number of likely N-dealkylation sites (N-methyl/N-ethyl adjacent to an activating group) is 1. The Kier molecular flexibility index (Phi) is 7.64. The molecule has 2 saturated carbocycles. The van der Waals surface area contributed by atoms with Gasteiger partial charge in [0.05, 0.1) is 47.1 Å². The SMILES string of the molecule is C[C@@H](OCC12CCC(CC1)OC2)[C@H](NC(=O)[C@@H]1CN(c2nccc3ncsc23)CC12CN(C(=O)[C@H]1CC1(C)C)C2)C(=O)N(C)C. The van der Waals surface area contributed by atoms with E-state index in [9.17, 15) is 14.4 Å². The second kappa shape index (κ2) is 11.2. The lowest BCUT2D eigenvalue weighted by molar-refractivity contribution is -0.158. The number of likely N-dealkylation sites (tertiary alicyclic amines) is 1. The molecule has 6 aliphatic rings. The summed E-state index contributed by atoms with van der Waals surface area (Å²) in [5.74, 6) is 0.259.